The Morgan fingerprint density at radius 2 is 1.40 bits per heavy atom. The van der Waals surface area contributed by atoms with Crippen molar-refractivity contribution in [2.45, 2.75) is 16.4 Å². The van der Waals surface area contributed by atoms with E-state index in [2.05, 4.69) is 16.0 Å². The largest absolute Gasteiger partial charge is 0.339 e. The Morgan fingerprint density at radius 3 is 2.11 bits per heavy atom. The van der Waals surface area contributed by atoms with Crippen LogP contribution in [0.1, 0.15) is 5.56 Å². The van der Waals surface area contributed by atoms with Gasteiger partial charge in [-0.3, -0.25) is 4.79 Å². The monoisotopic (exact) mass is 541 g/mol. The molecule has 35 heavy (non-hydrogen) atoms. The number of fused-ring (bicyclic) bond motifs is 1. The highest BCUT2D eigenvalue weighted by Crippen LogP contribution is 2.30. The molecular formula is C27H22Cl3N3OS. The fourth-order valence-corrected chi connectivity index (χ4v) is 4.22. The van der Waals surface area contributed by atoms with E-state index in [1.165, 1.54) is 0 Å². The molecule has 3 N–H and O–H groups in total. The third kappa shape index (κ3) is 6.86. The minimum Gasteiger partial charge on any atom is -0.339 e. The molecule has 0 fully saturated rings. The van der Waals surface area contributed by atoms with Crippen LogP contribution in [-0.2, 0) is 11.2 Å². The lowest BCUT2D eigenvalue weighted by Gasteiger charge is -2.28. The summed E-state index contributed by atoms with van der Waals surface area (Å²) in [6, 6.07) is 31.5. The average Bonchev–Trinajstić information content (AvgIpc) is 2.84. The fourth-order valence-electron chi connectivity index (χ4n) is 3.67. The standard InChI is InChI=1S/C27H22Cl3N3OS/c28-27(29,30)25(33-26(35)31-23-12-6-10-21-9-4-5-11-22(21)23)32-24(34)17-18-13-15-20(16-14-18)19-7-2-1-3-8-19/h1-16,25H,17H2,(H,32,34)(H2,31,33,35). The summed E-state index contributed by atoms with van der Waals surface area (Å²) in [4.78, 5) is 12.7. The summed E-state index contributed by atoms with van der Waals surface area (Å²) in [5, 5.41) is 11.0. The fraction of sp³-hybridized carbons (Fsp3) is 0.111. The Bertz CT molecular complexity index is 1320. The molecular weight excluding hydrogens is 521 g/mol. The Labute approximate surface area is 224 Å². The molecule has 0 saturated carbocycles. The van der Waals surface area contributed by atoms with Crippen molar-refractivity contribution in [3.05, 3.63) is 103 Å². The van der Waals surface area contributed by atoms with Crippen LogP contribution in [0.25, 0.3) is 21.9 Å². The van der Waals surface area contributed by atoms with Gasteiger partial charge in [-0.15, -0.1) is 0 Å². The minimum absolute atomic E-state index is 0.123. The average molecular weight is 543 g/mol. The summed E-state index contributed by atoms with van der Waals surface area (Å²) in [5.41, 5.74) is 3.81. The third-order valence-electron chi connectivity index (χ3n) is 5.37. The highest BCUT2D eigenvalue weighted by Gasteiger charge is 2.34. The van der Waals surface area contributed by atoms with Gasteiger partial charge in [-0.25, -0.2) is 0 Å². The van der Waals surface area contributed by atoms with Gasteiger partial charge in [0, 0.05) is 11.1 Å². The molecule has 0 saturated heterocycles. The molecule has 178 valence electrons. The van der Waals surface area contributed by atoms with Crippen LogP contribution in [0.3, 0.4) is 0 Å². The van der Waals surface area contributed by atoms with Crippen LogP contribution in [0, 0.1) is 0 Å². The molecule has 4 aromatic carbocycles. The van der Waals surface area contributed by atoms with Gasteiger partial charge in [-0.05, 0) is 40.4 Å². The Hall–Kier alpha value is -2.83. The van der Waals surface area contributed by atoms with Crippen molar-refractivity contribution in [1.82, 2.24) is 10.6 Å². The summed E-state index contributed by atoms with van der Waals surface area (Å²) >= 11 is 23.9. The Morgan fingerprint density at radius 1 is 0.771 bits per heavy atom. The number of alkyl halides is 3. The van der Waals surface area contributed by atoms with Crippen LogP contribution in [0.15, 0.2) is 97.1 Å². The zero-order valence-corrected chi connectivity index (χ0v) is 21.6. The second-order valence-electron chi connectivity index (χ2n) is 7.91. The van der Waals surface area contributed by atoms with Crippen LogP contribution < -0.4 is 16.0 Å². The van der Waals surface area contributed by atoms with Gasteiger partial charge in [0.25, 0.3) is 0 Å². The molecule has 4 nitrogen and oxygen atoms in total. The number of halogens is 3. The van der Waals surface area contributed by atoms with E-state index in [0.717, 1.165) is 33.2 Å². The zero-order chi connectivity index (χ0) is 24.8. The highest BCUT2D eigenvalue weighted by atomic mass is 35.6. The summed E-state index contributed by atoms with van der Waals surface area (Å²) in [7, 11) is 0. The summed E-state index contributed by atoms with van der Waals surface area (Å²) in [6.45, 7) is 0. The van der Waals surface area contributed by atoms with Crippen LogP contribution >= 0.6 is 47.0 Å². The first kappa shape index (κ1) is 25.3. The predicted octanol–water partition coefficient (Wildman–Crippen LogP) is 6.85. The second-order valence-corrected chi connectivity index (χ2v) is 10.7. The van der Waals surface area contributed by atoms with Crippen molar-refractivity contribution >= 4 is 74.5 Å². The van der Waals surface area contributed by atoms with Crippen LogP contribution in [0.4, 0.5) is 5.69 Å². The summed E-state index contributed by atoms with van der Waals surface area (Å²) in [6.07, 6.45) is -0.920. The molecule has 0 aromatic heterocycles. The first-order chi connectivity index (χ1) is 16.8. The van der Waals surface area contributed by atoms with E-state index in [0.29, 0.717) is 0 Å². The number of hydrogen-bond donors (Lipinski definition) is 3. The first-order valence-corrected chi connectivity index (χ1v) is 12.4. The van der Waals surface area contributed by atoms with Crippen molar-refractivity contribution in [2.75, 3.05) is 5.32 Å². The van der Waals surface area contributed by atoms with E-state index < -0.39 is 9.96 Å². The zero-order valence-electron chi connectivity index (χ0n) is 18.5. The lowest BCUT2D eigenvalue weighted by molar-refractivity contribution is -0.121. The molecule has 8 heteroatoms. The van der Waals surface area contributed by atoms with Crippen molar-refractivity contribution in [3.63, 3.8) is 0 Å². The highest BCUT2D eigenvalue weighted by molar-refractivity contribution is 7.80. The van der Waals surface area contributed by atoms with Gasteiger partial charge >= 0.3 is 0 Å². The summed E-state index contributed by atoms with van der Waals surface area (Å²) in [5.74, 6) is -0.311. The minimum atomic E-state index is -1.84. The smallest absolute Gasteiger partial charge is 0.228 e. The molecule has 0 aliphatic carbocycles. The van der Waals surface area contributed by atoms with E-state index in [-0.39, 0.29) is 17.4 Å². The van der Waals surface area contributed by atoms with Gasteiger partial charge in [0.2, 0.25) is 9.70 Å². The number of carbonyl (C=O) groups excluding carboxylic acids is 1. The van der Waals surface area contributed by atoms with Gasteiger partial charge in [-0.1, -0.05) is 126 Å². The van der Waals surface area contributed by atoms with Crippen molar-refractivity contribution in [1.29, 1.82) is 0 Å². The molecule has 0 aliphatic rings. The second kappa shape index (κ2) is 11.3. The molecule has 1 unspecified atom stereocenters. The predicted molar refractivity (Wildman–Crippen MR) is 151 cm³/mol. The number of hydrogen-bond acceptors (Lipinski definition) is 2. The number of rotatable bonds is 6. The van der Waals surface area contributed by atoms with E-state index in [1.54, 1.807) is 0 Å². The molecule has 4 aromatic rings. The van der Waals surface area contributed by atoms with Gasteiger partial charge in [-0.2, -0.15) is 0 Å². The maximum Gasteiger partial charge on any atom is 0.228 e. The summed E-state index contributed by atoms with van der Waals surface area (Å²) < 4.78 is -1.84. The van der Waals surface area contributed by atoms with E-state index in [1.807, 2.05) is 97.1 Å². The number of thiocarbonyl (C=S) groups is 1. The topological polar surface area (TPSA) is 53.2 Å². The van der Waals surface area contributed by atoms with E-state index >= 15 is 0 Å². The Balaban J connectivity index is 1.39. The van der Waals surface area contributed by atoms with Gasteiger partial charge in [0.05, 0.1) is 6.42 Å². The van der Waals surface area contributed by atoms with Gasteiger partial charge < -0.3 is 16.0 Å². The van der Waals surface area contributed by atoms with Gasteiger partial charge in [0.15, 0.2) is 5.11 Å². The number of anilines is 1. The number of nitrogens with one attached hydrogen (secondary N) is 3. The van der Waals surface area contributed by atoms with Crippen LogP contribution in [-0.4, -0.2) is 21.0 Å². The maximum absolute atomic E-state index is 12.7. The molecule has 1 amide bonds. The van der Waals surface area contributed by atoms with Crippen molar-refractivity contribution in [3.8, 4) is 11.1 Å². The number of benzene rings is 4. The molecule has 0 aliphatic heterocycles. The van der Waals surface area contributed by atoms with Crippen LogP contribution in [0.2, 0.25) is 0 Å². The van der Waals surface area contributed by atoms with Crippen LogP contribution in [0.5, 0.6) is 0 Å². The van der Waals surface area contributed by atoms with Crippen molar-refractivity contribution < 1.29 is 4.79 Å². The molecule has 4 rings (SSSR count). The van der Waals surface area contributed by atoms with E-state index in [9.17, 15) is 4.79 Å². The Kier molecular flexibility index (Phi) is 8.14. The quantitative estimate of drug-likeness (QED) is 0.142. The SMILES string of the molecule is O=C(Cc1ccc(-c2ccccc2)cc1)NC(NC(=S)Nc1cccc2ccccc12)C(Cl)(Cl)Cl. The normalized spacial score (nSPS) is 12.1. The number of amides is 1. The van der Waals surface area contributed by atoms with Gasteiger partial charge in [0.1, 0.15) is 6.17 Å². The van der Waals surface area contributed by atoms with Crippen molar-refractivity contribution in [2.24, 2.45) is 0 Å². The molecule has 0 heterocycles. The lowest BCUT2D eigenvalue weighted by Crippen LogP contribution is -2.56. The third-order valence-corrected chi connectivity index (χ3v) is 6.25. The number of carbonyl (C=O) groups is 1. The lowest BCUT2D eigenvalue weighted by atomic mass is 10.0. The molecule has 1 atom stereocenters. The van der Waals surface area contributed by atoms with E-state index in [4.69, 9.17) is 47.0 Å². The maximum atomic E-state index is 12.7. The molecule has 0 radical (unpaired) electrons. The first-order valence-electron chi connectivity index (χ1n) is 10.9. The molecule has 0 bridgehead atoms. The molecule has 0 spiro atoms.